The summed E-state index contributed by atoms with van der Waals surface area (Å²) in [7, 11) is 0. The normalized spacial score (nSPS) is 15.1. The lowest BCUT2D eigenvalue weighted by Gasteiger charge is -2.17. The highest BCUT2D eigenvalue weighted by molar-refractivity contribution is 8.26. The van der Waals surface area contributed by atoms with E-state index in [1.165, 1.54) is 17.1 Å². The fourth-order valence-electron chi connectivity index (χ4n) is 2.75. The summed E-state index contributed by atoms with van der Waals surface area (Å²) >= 11 is 12.6. The van der Waals surface area contributed by atoms with E-state index in [0.717, 1.165) is 17.3 Å². The van der Waals surface area contributed by atoms with E-state index in [4.69, 9.17) is 33.3 Å². The van der Waals surface area contributed by atoms with Crippen LogP contribution >= 0.6 is 35.6 Å². The van der Waals surface area contributed by atoms with Crippen LogP contribution in [0.2, 0.25) is 5.02 Å². The van der Waals surface area contributed by atoms with Crippen molar-refractivity contribution in [2.75, 3.05) is 5.43 Å². The summed E-state index contributed by atoms with van der Waals surface area (Å²) in [5, 5.41) is 10.8. The predicted molar refractivity (Wildman–Crippen MR) is 121 cm³/mol. The van der Waals surface area contributed by atoms with Crippen molar-refractivity contribution in [3.63, 3.8) is 0 Å². The van der Waals surface area contributed by atoms with Gasteiger partial charge in [-0.25, -0.2) is 9.80 Å². The molecule has 6 nitrogen and oxygen atoms in total. The average Bonchev–Trinajstić information content (AvgIpc) is 3.29. The summed E-state index contributed by atoms with van der Waals surface area (Å²) in [6, 6.07) is 16.9. The van der Waals surface area contributed by atoms with Gasteiger partial charge in [0.15, 0.2) is 4.32 Å². The highest BCUT2D eigenvalue weighted by atomic mass is 35.5. The topological polar surface area (TPSA) is 82.8 Å². The number of thioether (sulfide) groups is 1. The van der Waals surface area contributed by atoms with Crippen LogP contribution in [0, 0.1) is 0 Å². The van der Waals surface area contributed by atoms with Crippen molar-refractivity contribution in [2.24, 2.45) is 0 Å². The number of benzene rings is 2. The fraction of sp³-hybridized carbons (Fsp3) is 0. The molecular weight excluding hydrogens is 444 g/mol. The lowest BCUT2D eigenvalue weighted by molar-refractivity contribution is -0.121. The molecular formula is C21H13ClN2O4S2. The predicted octanol–water partition coefficient (Wildman–Crippen LogP) is 5.53. The molecule has 2 heterocycles. The Bertz CT molecular complexity index is 1190. The van der Waals surface area contributed by atoms with Crippen LogP contribution in [0.3, 0.4) is 0 Å². The molecule has 1 aliphatic rings. The molecule has 1 aromatic heterocycles. The van der Waals surface area contributed by atoms with Crippen molar-refractivity contribution >= 4 is 63.5 Å². The zero-order chi connectivity index (χ0) is 21.3. The van der Waals surface area contributed by atoms with Gasteiger partial charge in [0.2, 0.25) is 0 Å². The summed E-state index contributed by atoms with van der Waals surface area (Å²) in [4.78, 5) is 24.1. The van der Waals surface area contributed by atoms with E-state index in [-0.39, 0.29) is 11.5 Å². The van der Waals surface area contributed by atoms with Crippen LogP contribution < -0.4 is 5.43 Å². The number of carbonyl (C=O) groups is 2. The molecule has 0 aliphatic carbocycles. The maximum Gasteiger partial charge on any atom is 0.335 e. The Labute approximate surface area is 186 Å². The van der Waals surface area contributed by atoms with Crippen LogP contribution in [-0.4, -0.2) is 26.3 Å². The molecule has 2 aromatic carbocycles. The molecule has 0 spiro atoms. The van der Waals surface area contributed by atoms with Gasteiger partial charge in [0, 0.05) is 11.6 Å². The van der Waals surface area contributed by atoms with Gasteiger partial charge < -0.3 is 9.52 Å². The molecule has 1 fully saturated rings. The zero-order valence-electron chi connectivity index (χ0n) is 15.2. The van der Waals surface area contributed by atoms with E-state index in [1.807, 2.05) is 18.2 Å². The first-order valence-corrected chi connectivity index (χ1v) is 10.3. The molecule has 0 unspecified atom stereocenters. The Balaban J connectivity index is 1.52. The molecule has 1 saturated heterocycles. The van der Waals surface area contributed by atoms with Gasteiger partial charge in [0.25, 0.3) is 5.91 Å². The number of carbonyl (C=O) groups excluding carboxylic acids is 1. The molecule has 30 heavy (non-hydrogen) atoms. The fourth-order valence-corrected chi connectivity index (χ4v) is 4.13. The van der Waals surface area contributed by atoms with Gasteiger partial charge in [-0.3, -0.25) is 10.2 Å². The van der Waals surface area contributed by atoms with Crippen LogP contribution in [0.15, 0.2) is 70.0 Å². The number of nitrogens with zero attached hydrogens (tertiary/aromatic N) is 1. The van der Waals surface area contributed by atoms with Crippen LogP contribution in [0.25, 0.3) is 17.4 Å². The lowest BCUT2D eigenvalue weighted by Crippen LogP contribution is -2.33. The number of hydrogen-bond donors (Lipinski definition) is 2. The monoisotopic (exact) mass is 456 g/mol. The minimum Gasteiger partial charge on any atom is -0.478 e. The number of furan rings is 1. The third-order valence-electron chi connectivity index (χ3n) is 4.21. The number of thiocarbonyl (C=S) groups is 1. The van der Waals surface area contributed by atoms with Gasteiger partial charge in [0.05, 0.1) is 21.2 Å². The van der Waals surface area contributed by atoms with Gasteiger partial charge >= 0.3 is 5.97 Å². The van der Waals surface area contributed by atoms with E-state index in [9.17, 15) is 9.59 Å². The van der Waals surface area contributed by atoms with Crippen molar-refractivity contribution in [3.8, 4) is 11.3 Å². The van der Waals surface area contributed by atoms with E-state index in [0.29, 0.717) is 31.5 Å². The largest absolute Gasteiger partial charge is 0.478 e. The smallest absolute Gasteiger partial charge is 0.335 e. The average molecular weight is 457 g/mol. The quantitative estimate of drug-likeness (QED) is 0.386. The number of halogens is 1. The second kappa shape index (κ2) is 8.35. The molecule has 2 N–H and O–H groups in total. The van der Waals surface area contributed by atoms with Gasteiger partial charge in [-0.05, 0) is 60.7 Å². The Morgan fingerprint density at radius 3 is 2.57 bits per heavy atom. The third-order valence-corrected chi connectivity index (χ3v) is 5.84. The molecule has 0 saturated carbocycles. The number of hydrazine groups is 1. The maximum absolute atomic E-state index is 12.8. The van der Waals surface area contributed by atoms with Crippen molar-refractivity contribution in [2.45, 2.75) is 0 Å². The van der Waals surface area contributed by atoms with E-state index in [1.54, 1.807) is 36.4 Å². The first-order valence-electron chi connectivity index (χ1n) is 8.65. The Morgan fingerprint density at radius 2 is 1.87 bits per heavy atom. The van der Waals surface area contributed by atoms with E-state index >= 15 is 0 Å². The van der Waals surface area contributed by atoms with Crippen molar-refractivity contribution in [1.29, 1.82) is 0 Å². The number of carboxylic acid groups (broad SMARTS) is 1. The standard InChI is InChI=1S/C21H13ClN2O4S2/c22-16-4-2-1-3-15(16)17-10-9-14(28-17)11-18-19(25)24(21(29)30-18)23-13-7-5-12(6-8-13)20(26)27/h1-11,23H,(H,26,27)/b18-11+. The lowest BCUT2D eigenvalue weighted by atomic mass is 10.2. The van der Waals surface area contributed by atoms with Crippen LogP contribution in [0.4, 0.5) is 5.69 Å². The first kappa shape index (κ1) is 20.2. The van der Waals surface area contributed by atoms with Crippen molar-refractivity contribution < 1.29 is 19.1 Å². The van der Waals surface area contributed by atoms with E-state index in [2.05, 4.69) is 5.43 Å². The van der Waals surface area contributed by atoms with Crippen molar-refractivity contribution in [3.05, 3.63) is 81.9 Å². The first-order chi connectivity index (χ1) is 14.4. The molecule has 0 bridgehead atoms. The van der Waals surface area contributed by atoms with Gasteiger partial charge in [-0.1, -0.05) is 35.5 Å². The Kier molecular flexibility index (Phi) is 5.63. The summed E-state index contributed by atoms with van der Waals surface area (Å²) in [6.45, 7) is 0. The van der Waals surface area contributed by atoms with Gasteiger partial charge in [-0.2, -0.15) is 0 Å². The molecule has 0 atom stereocenters. The van der Waals surface area contributed by atoms with Crippen LogP contribution in [-0.2, 0) is 4.79 Å². The molecule has 4 rings (SSSR count). The second-order valence-corrected chi connectivity index (χ2v) is 8.28. The number of nitrogens with one attached hydrogen (secondary N) is 1. The number of anilines is 1. The highest BCUT2D eigenvalue weighted by Crippen LogP contribution is 2.35. The van der Waals surface area contributed by atoms with Gasteiger partial charge in [0.1, 0.15) is 11.5 Å². The molecule has 1 aliphatic heterocycles. The van der Waals surface area contributed by atoms with E-state index < -0.39 is 5.97 Å². The Morgan fingerprint density at radius 1 is 1.13 bits per heavy atom. The number of aromatic carboxylic acids is 1. The van der Waals surface area contributed by atoms with Crippen LogP contribution in [0.1, 0.15) is 16.1 Å². The third kappa shape index (κ3) is 4.11. The highest BCUT2D eigenvalue weighted by Gasteiger charge is 2.33. The number of amides is 1. The SMILES string of the molecule is O=C(O)c1ccc(NN2C(=O)/C(=C\c3ccc(-c4ccccc4Cl)o3)SC2=S)cc1. The molecule has 9 heteroatoms. The molecule has 150 valence electrons. The summed E-state index contributed by atoms with van der Waals surface area (Å²) in [5.74, 6) is -0.261. The molecule has 1 amide bonds. The maximum atomic E-state index is 12.8. The van der Waals surface area contributed by atoms with Crippen LogP contribution in [0.5, 0.6) is 0 Å². The number of hydrogen-bond acceptors (Lipinski definition) is 6. The second-order valence-electron chi connectivity index (χ2n) is 6.19. The minimum atomic E-state index is -1.02. The number of rotatable bonds is 5. The molecule has 0 radical (unpaired) electrons. The molecule has 3 aromatic rings. The minimum absolute atomic E-state index is 0.151. The van der Waals surface area contributed by atoms with Crippen molar-refractivity contribution in [1.82, 2.24) is 5.01 Å². The van der Waals surface area contributed by atoms with Gasteiger partial charge in [-0.15, -0.1) is 0 Å². The summed E-state index contributed by atoms with van der Waals surface area (Å²) in [5.41, 5.74) is 4.35. The summed E-state index contributed by atoms with van der Waals surface area (Å²) < 4.78 is 6.15. The number of carboxylic acids is 1. The summed E-state index contributed by atoms with van der Waals surface area (Å²) in [6.07, 6.45) is 1.62. The zero-order valence-corrected chi connectivity index (χ0v) is 17.6. The Hall–Kier alpha value is -3.07.